The van der Waals surface area contributed by atoms with E-state index in [0.717, 1.165) is 16.5 Å². The number of carbonyl (C=O) groups is 2. The summed E-state index contributed by atoms with van der Waals surface area (Å²) in [5.41, 5.74) is 7.16. The average molecular weight is 289 g/mol. The van der Waals surface area contributed by atoms with Gasteiger partial charge in [-0.3, -0.25) is 4.79 Å². The smallest absolute Gasteiger partial charge is 0.326 e. The maximum Gasteiger partial charge on any atom is 0.326 e. The maximum absolute atomic E-state index is 11.7. The molecule has 0 spiro atoms. The van der Waals surface area contributed by atoms with E-state index in [4.69, 9.17) is 5.73 Å². The Kier molecular flexibility index (Phi) is 4.94. The standard InChI is InChI=1S/C15H19N3O3/c16-7-3-6-14(19)18-13(15(20)21)8-10-9-17-12-5-2-1-4-11(10)12/h1-2,4-5,9,13,17H,3,6-8,16H2,(H,18,19)(H,20,21)/t13-/m0/s1. The van der Waals surface area contributed by atoms with Crippen LogP contribution in [0.4, 0.5) is 0 Å². The fraction of sp³-hybridized carbons (Fsp3) is 0.333. The first-order valence-corrected chi connectivity index (χ1v) is 6.89. The van der Waals surface area contributed by atoms with Crippen molar-refractivity contribution in [2.24, 2.45) is 5.73 Å². The maximum atomic E-state index is 11.7. The summed E-state index contributed by atoms with van der Waals surface area (Å²) in [7, 11) is 0. The molecule has 0 saturated carbocycles. The number of carboxylic acids is 1. The molecular formula is C15H19N3O3. The fourth-order valence-electron chi connectivity index (χ4n) is 2.25. The van der Waals surface area contributed by atoms with Gasteiger partial charge in [0, 0.05) is 29.9 Å². The molecule has 1 heterocycles. The van der Waals surface area contributed by atoms with Crippen molar-refractivity contribution in [1.29, 1.82) is 0 Å². The van der Waals surface area contributed by atoms with Gasteiger partial charge in [-0.1, -0.05) is 18.2 Å². The van der Waals surface area contributed by atoms with E-state index in [1.165, 1.54) is 0 Å². The number of carboxylic acid groups (broad SMARTS) is 1. The number of H-pyrrole nitrogens is 1. The molecule has 1 aromatic carbocycles. The van der Waals surface area contributed by atoms with E-state index in [-0.39, 0.29) is 18.7 Å². The fourth-order valence-corrected chi connectivity index (χ4v) is 2.25. The molecule has 0 unspecified atom stereocenters. The number of hydrogen-bond acceptors (Lipinski definition) is 3. The zero-order chi connectivity index (χ0) is 15.2. The zero-order valence-electron chi connectivity index (χ0n) is 11.6. The first-order chi connectivity index (χ1) is 10.1. The van der Waals surface area contributed by atoms with Crippen LogP contribution in [0.1, 0.15) is 18.4 Å². The quantitative estimate of drug-likeness (QED) is 0.610. The Morgan fingerprint density at radius 1 is 1.33 bits per heavy atom. The highest BCUT2D eigenvalue weighted by molar-refractivity contribution is 5.86. The average Bonchev–Trinajstić information content (AvgIpc) is 2.87. The van der Waals surface area contributed by atoms with E-state index in [2.05, 4.69) is 10.3 Å². The molecule has 112 valence electrons. The molecule has 0 aliphatic carbocycles. The monoisotopic (exact) mass is 289 g/mol. The van der Waals surface area contributed by atoms with Crippen molar-refractivity contribution in [1.82, 2.24) is 10.3 Å². The number of para-hydroxylation sites is 1. The minimum absolute atomic E-state index is 0.244. The summed E-state index contributed by atoms with van der Waals surface area (Å²) in [6.45, 7) is 0.410. The normalized spacial score (nSPS) is 12.2. The Morgan fingerprint density at radius 3 is 2.81 bits per heavy atom. The summed E-state index contributed by atoms with van der Waals surface area (Å²) >= 11 is 0. The van der Waals surface area contributed by atoms with Gasteiger partial charge in [0.05, 0.1) is 0 Å². The third-order valence-corrected chi connectivity index (χ3v) is 3.34. The van der Waals surface area contributed by atoms with Gasteiger partial charge in [-0.15, -0.1) is 0 Å². The lowest BCUT2D eigenvalue weighted by atomic mass is 10.0. The molecule has 0 bridgehead atoms. The lowest BCUT2D eigenvalue weighted by Crippen LogP contribution is -2.42. The van der Waals surface area contributed by atoms with Crippen LogP contribution in [-0.2, 0) is 16.0 Å². The van der Waals surface area contributed by atoms with E-state index in [9.17, 15) is 14.7 Å². The van der Waals surface area contributed by atoms with E-state index in [0.29, 0.717) is 13.0 Å². The minimum Gasteiger partial charge on any atom is -0.480 e. The van der Waals surface area contributed by atoms with Gasteiger partial charge in [0.25, 0.3) is 0 Å². The SMILES string of the molecule is NCCCC(=O)N[C@@H](Cc1c[nH]c2ccccc12)C(=O)O. The number of nitrogens with two attached hydrogens (primary N) is 1. The molecule has 6 nitrogen and oxygen atoms in total. The molecule has 21 heavy (non-hydrogen) atoms. The number of aromatic amines is 1. The molecule has 2 aromatic rings. The van der Waals surface area contributed by atoms with E-state index in [1.54, 1.807) is 6.20 Å². The third kappa shape index (κ3) is 3.82. The number of hydrogen-bond donors (Lipinski definition) is 4. The van der Waals surface area contributed by atoms with Crippen molar-refractivity contribution in [3.05, 3.63) is 36.0 Å². The number of fused-ring (bicyclic) bond motifs is 1. The highest BCUT2D eigenvalue weighted by Crippen LogP contribution is 2.19. The van der Waals surface area contributed by atoms with Crippen molar-refractivity contribution >= 4 is 22.8 Å². The Bertz CT molecular complexity index is 636. The van der Waals surface area contributed by atoms with Crippen molar-refractivity contribution in [2.45, 2.75) is 25.3 Å². The Balaban J connectivity index is 2.09. The number of benzene rings is 1. The molecule has 5 N–H and O–H groups in total. The molecule has 1 amide bonds. The molecule has 0 fully saturated rings. The summed E-state index contributed by atoms with van der Waals surface area (Å²) < 4.78 is 0. The summed E-state index contributed by atoms with van der Waals surface area (Å²) in [4.78, 5) is 26.1. The van der Waals surface area contributed by atoms with Crippen LogP contribution in [0.3, 0.4) is 0 Å². The third-order valence-electron chi connectivity index (χ3n) is 3.34. The highest BCUT2D eigenvalue weighted by atomic mass is 16.4. The van der Waals surface area contributed by atoms with Crippen molar-refractivity contribution in [2.75, 3.05) is 6.54 Å². The first-order valence-electron chi connectivity index (χ1n) is 6.89. The van der Waals surface area contributed by atoms with Crippen LogP contribution in [0.15, 0.2) is 30.5 Å². The van der Waals surface area contributed by atoms with Crippen LogP contribution in [0, 0.1) is 0 Å². The topological polar surface area (TPSA) is 108 Å². The highest BCUT2D eigenvalue weighted by Gasteiger charge is 2.21. The van der Waals surface area contributed by atoms with Gasteiger partial charge in [-0.2, -0.15) is 0 Å². The van der Waals surface area contributed by atoms with Crippen molar-refractivity contribution in [3.8, 4) is 0 Å². The first kappa shape index (κ1) is 15.1. The number of aliphatic carboxylic acids is 1. The number of aromatic nitrogens is 1. The van der Waals surface area contributed by atoms with Crippen LogP contribution in [-0.4, -0.2) is 34.6 Å². The largest absolute Gasteiger partial charge is 0.480 e. The summed E-state index contributed by atoms with van der Waals surface area (Å²) in [5.74, 6) is -1.32. The summed E-state index contributed by atoms with van der Waals surface area (Å²) in [5, 5.41) is 12.8. The lowest BCUT2D eigenvalue weighted by Gasteiger charge is -2.14. The van der Waals surface area contributed by atoms with E-state index < -0.39 is 12.0 Å². The van der Waals surface area contributed by atoms with Gasteiger partial charge in [0.1, 0.15) is 6.04 Å². The molecule has 1 aromatic heterocycles. The van der Waals surface area contributed by atoms with E-state index in [1.807, 2.05) is 24.3 Å². The van der Waals surface area contributed by atoms with Gasteiger partial charge in [0.15, 0.2) is 0 Å². The lowest BCUT2D eigenvalue weighted by molar-refractivity contribution is -0.141. The Hall–Kier alpha value is -2.34. The van der Waals surface area contributed by atoms with Gasteiger partial charge < -0.3 is 21.1 Å². The molecule has 2 rings (SSSR count). The molecule has 0 saturated heterocycles. The van der Waals surface area contributed by atoms with Crippen LogP contribution in [0.25, 0.3) is 10.9 Å². The van der Waals surface area contributed by atoms with Crippen LogP contribution in [0.5, 0.6) is 0 Å². The van der Waals surface area contributed by atoms with E-state index >= 15 is 0 Å². The van der Waals surface area contributed by atoms with Crippen LogP contribution >= 0.6 is 0 Å². The second-order valence-electron chi connectivity index (χ2n) is 4.91. The predicted octanol–water partition coefficient (Wildman–Crippen LogP) is 1.02. The molecule has 0 aliphatic rings. The number of nitrogens with one attached hydrogen (secondary N) is 2. The summed E-state index contributed by atoms with van der Waals surface area (Å²) in [6.07, 6.45) is 2.82. The van der Waals surface area contributed by atoms with Crippen molar-refractivity contribution in [3.63, 3.8) is 0 Å². The van der Waals surface area contributed by atoms with Gasteiger partial charge in [-0.25, -0.2) is 4.79 Å². The molecular weight excluding hydrogens is 270 g/mol. The molecule has 6 heteroatoms. The zero-order valence-corrected chi connectivity index (χ0v) is 11.6. The number of carbonyl (C=O) groups excluding carboxylic acids is 1. The van der Waals surface area contributed by atoms with Crippen LogP contribution in [0.2, 0.25) is 0 Å². The second kappa shape index (κ2) is 6.90. The van der Waals surface area contributed by atoms with Gasteiger partial charge >= 0.3 is 5.97 Å². The second-order valence-corrected chi connectivity index (χ2v) is 4.91. The van der Waals surface area contributed by atoms with Gasteiger partial charge in [0.2, 0.25) is 5.91 Å². The Morgan fingerprint density at radius 2 is 2.10 bits per heavy atom. The van der Waals surface area contributed by atoms with Gasteiger partial charge in [-0.05, 0) is 24.6 Å². The summed E-state index contributed by atoms with van der Waals surface area (Å²) in [6, 6.07) is 6.72. The molecule has 0 aliphatic heterocycles. The number of rotatable bonds is 7. The van der Waals surface area contributed by atoms with Crippen molar-refractivity contribution < 1.29 is 14.7 Å². The molecule has 1 atom stereocenters. The minimum atomic E-state index is -1.04. The Labute approximate surface area is 122 Å². The number of amides is 1. The van der Waals surface area contributed by atoms with Crippen LogP contribution < -0.4 is 11.1 Å². The predicted molar refractivity (Wildman–Crippen MR) is 79.9 cm³/mol. The molecule has 0 radical (unpaired) electrons.